The summed E-state index contributed by atoms with van der Waals surface area (Å²) in [6, 6.07) is 5.36. The quantitative estimate of drug-likeness (QED) is 0.787. The molecule has 0 radical (unpaired) electrons. The first-order valence-electron chi connectivity index (χ1n) is 4.97. The van der Waals surface area contributed by atoms with Crippen LogP contribution in [0, 0.1) is 0 Å². The molecular formula is C12H11ClN2O2. The van der Waals surface area contributed by atoms with Gasteiger partial charge in [-0.2, -0.15) is 0 Å². The van der Waals surface area contributed by atoms with E-state index in [2.05, 4.69) is 4.98 Å². The Bertz CT molecular complexity index is 564. The van der Waals surface area contributed by atoms with Crippen molar-refractivity contribution in [3.05, 3.63) is 35.2 Å². The summed E-state index contributed by atoms with van der Waals surface area (Å²) in [6.07, 6.45) is 2.32. The lowest BCUT2D eigenvalue weighted by Crippen LogP contribution is -1.94. The Hall–Kier alpha value is -1.81. The van der Waals surface area contributed by atoms with Gasteiger partial charge in [0, 0.05) is 12.6 Å². The van der Waals surface area contributed by atoms with Crippen LogP contribution in [0.1, 0.15) is 10.5 Å². The van der Waals surface area contributed by atoms with Crippen molar-refractivity contribution in [3.8, 4) is 17.0 Å². The Morgan fingerprint density at radius 3 is 2.82 bits per heavy atom. The molecule has 1 heterocycles. The number of ether oxygens (including phenoxy) is 1. The van der Waals surface area contributed by atoms with Gasteiger partial charge in [-0.1, -0.05) is 11.6 Å². The number of hydrogen-bond donors (Lipinski definition) is 0. The lowest BCUT2D eigenvalue weighted by molar-refractivity contribution is 0.112. The highest BCUT2D eigenvalue weighted by Crippen LogP contribution is 2.30. The van der Waals surface area contributed by atoms with Gasteiger partial charge in [0.1, 0.15) is 11.4 Å². The lowest BCUT2D eigenvalue weighted by Gasteiger charge is -2.07. The Balaban J connectivity index is 2.56. The van der Waals surface area contributed by atoms with E-state index in [4.69, 9.17) is 16.3 Å². The highest BCUT2D eigenvalue weighted by Gasteiger charge is 2.12. The van der Waals surface area contributed by atoms with Crippen LogP contribution in [0.5, 0.6) is 5.75 Å². The fourth-order valence-corrected chi connectivity index (χ4v) is 1.96. The predicted molar refractivity (Wildman–Crippen MR) is 65.6 cm³/mol. The van der Waals surface area contributed by atoms with Crippen LogP contribution in [0.15, 0.2) is 24.5 Å². The number of rotatable bonds is 3. The Kier molecular flexibility index (Phi) is 3.15. The standard InChI is InChI=1S/C12H11ClN2O2/c1-15-7-14-10(6-16)12(15)8-3-4-11(17-2)9(13)5-8/h3-7H,1-2H3. The van der Waals surface area contributed by atoms with Crippen molar-refractivity contribution in [2.45, 2.75) is 0 Å². The number of benzene rings is 1. The first-order valence-corrected chi connectivity index (χ1v) is 5.35. The van der Waals surface area contributed by atoms with Gasteiger partial charge >= 0.3 is 0 Å². The van der Waals surface area contributed by atoms with Crippen molar-refractivity contribution in [2.75, 3.05) is 7.11 Å². The molecule has 0 unspecified atom stereocenters. The Labute approximate surface area is 104 Å². The van der Waals surface area contributed by atoms with Gasteiger partial charge in [-0.05, 0) is 18.2 Å². The average Bonchev–Trinajstić information content (AvgIpc) is 2.70. The third kappa shape index (κ3) is 2.03. The van der Waals surface area contributed by atoms with E-state index in [1.54, 1.807) is 30.1 Å². The predicted octanol–water partition coefficient (Wildman–Crippen LogP) is 2.56. The summed E-state index contributed by atoms with van der Waals surface area (Å²) in [5, 5.41) is 0.503. The fraction of sp³-hybridized carbons (Fsp3) is 0.167. The first kappa shape index (κ1) is 11.7. The third-order valence-electron chi connectivity index (χ3n) is 2.50. The van der Waals surface area contributed by atoms with Crippen LogP contribution < -0.4 is 4.74 Å². The minimum atomic E-state index is 0.397. The van der Waals surface area contributed by atoms with E-state index in [-0.39, 0.29) is 0 Å². The van der Waals surface area contributed by atoms with Crippen molar-refractivity contribution in [3.63, 3.8) is 0 Å². The molecule has 4 nitrogen and oxygen atoms in total. The molecule has 0 saturated carbocycles. The summed E-state index contributed by atoms with van der Waals surface area (Å²) < 4.78 is 6.86. The maximum absolute atomic E-state index is 10.9. The highest BCUT2D eigenvalue weighted by molar-refractivity contribution is 6.32. The van der Waals surface area contributed by atoms with Crippen LogP contribution in [0.4, 0.5) is 0 Å². The van der Waals surface area contributed by atoms with Crippen LogP contribution in [-0.4, -0.2) is 22.9 Å². The Morgan fingerprint density at radius 2 is 2.24 bits per heavy atom. The van der Waals surface area contributed by atoms with Crippen molar-refractivity contribution in [1.29, 1.82) is 0 Å². The summed E-state index contributed by atoms with van der Waals surface area (Å²) in [5.41, 5.74) is 1.97. The van der Waals surface area contributed by atoms with Crippen LogP contribution >= 0.6 is 11.6 Å². The van der Waals surface area contributed by atoms with Crippen molar-refractivity contribution < 1.29 is 9.53 Å². The zero-order chi connectivity index (χ0) is 12.4. The van der Waals surface area contributed by atoms with Gasteiger partial charge in [0.05, 0.1) is 24.2 Å². The van der Waals surface area contributed by atoms with Gasteiger partial charge in [-0.15, -0.1) is 0 Å². The van der Waals surface area contributed by atoms with Crippen LogP contribution in [-0.2, 0) is 7.05 Å². The fourth-order valence-electron chi connectivity index (χ4n) is 1.70. The van der Waals surface area contributed by atoms with E-state index in [1.165, 1.54) is 0 Å². The molecule has 5 heteroatoms. The smallest absolute Gasteiger partial charge is 0.170 e. The lowest BCUT2D eigenvalue weighted by atomic mass is 10.1. The molecule has 0 saturated heterocycles. The van der Waals surface area contributed by atoms with Gasteiger partial charge in [0.25, 0.3) is 0 Å². The average molecular weight is 251 g/mol. The molecule has 88 valence electrons. The van der Waals surface area contributed by atoms with E-state index < -0.39 is 0 Å². The van der Waals surface area contributed by atoms with Gasteiger partial charge in [0.2, 0.25) is 0 Å². The number of hydrogen-bond acceptors (Lipinski definition) is 3. The van der Waals surface area contributed by atoms with E-state index in [0.717, 1.165) is 17.5 Å². The van der Waals surface area contributed by atoms with E-state index in [9.17, 15) is 4.79 Å². The largest absolute Gasteiger partial charge is 0.495 e. The third-order valence-corrected chi connectivity index (χ3v) is 2.80. The number of carbonyl (C=O) groups is 1. The van der Waals surface area contributed by atoms with Gasteiger partial charge in [-0.3, -0.25) is 4.79 Å². The number of aromatic nitrogens is 2. The van der Waals surface area contributed by atoms with Crippen LogP contribution in [0.2, 0.25) is 5.02 Å². The summed E-state index contributed by atoms with van der Waals surface area (Å²) in [7, 11) is 3.38. The molecule has 1 aromatic carbocycles. The minimum Gasteiger partial charge on any atom is -0.495 e. The summed E-state index contributed by atoms with van der Waals surface area (Å²) >= 11 is 6.05. The second kappa shape index (κ2) is 4.59. The zero-order valence-electron chi connectivity index (χ0n) is 9.48. The number of halogens is 1. The number of methoxy groups -OCH3 is 1. The second-order valence-corrected chi connectivity index (χ2v) is 3.96. The van der Waals surface area contributed by atoms with E-state index in [1.807, 2.05) is 13.1 Å². The molecule has 0 amide bonds. The number of aryl methyl sites for hydroxylation is 1. The number of imidazole rings is 1. The highest BCUT2D eigenvalue weighted by atomic mass is 35.5. The summed E-state index contributed by atoms with van der Waals surface area (Å²) in [4.78, 5) is 14.9. The molecule has 2 rings (SSSR count). The molecule has 0 atom stereocenters. The van der Waals surface area contributed by atoms with Crippen LogP contribution in [0.25, 0.3) is 11.3 Å². The van der Waals surface area contributed by atoms with Crippen molar-refractivity contribution in [2.24, 2.45) is 7.05 Å². The molecule has 0 aliphatic carbocycles. The van der Waals surface area contributed by atoms with Crippen molar-refractivity contribution in [1.82, 2.24) is 9.55 Å². The van der Waals surface area contributed by atoms with Gasteiger partial charge in [0.15, 0.2) is 6.29 Å². The van der Waals surface area contributed by atoms with Crippen LogP contribution in [0.3, 0.4) is 0 Å². The topological polar surface area (TPSA) is 44.1 Å². The van der Waals surface area contributed by atoms with E-state index in [0.29, 0.717) is 16.5 Å². The number of aldehydes is 1. The van der Waals surface area contributed by atoms with E-state index >= 15 is 0 Å². The molecule has 17 heavy (non-hydrogen) atoms. The zero-order valence-corrected chi connectivity index (χ0v) is 10.2. The Morgan fingerprint density at radius 1 is 1.47 bits per heavy atom. The second-order valence-electron chi connectivity index (χ2n) is 3.56. The molecule has 0 aliphatic rings. The molecule has 0 spiro atoms. The molecular weight excluding hydrogens is 240 g/mol. The molecule has 2 aromatic rings. The summed E-state index contributed by atoms with van der Waals surface area (Å²) in [5.74, 6) is 0.602. The SMILES string of the molecule is COc1ccc(-c2c(C=O)ncn2C)cc1Cl. The first-order chi connectivity index (χ1) is 8.17. The van der Waals surface area contributed by atoms with Gasteiger partial charge < -0.3 is 9.30 Å². The molecule has 0 N–H and O–H groups in total. The molecule has 0 bridgehead atoms. The molecule has 0 aliphatic heterocycles. The molecule has 0 fully saturated rings. The maximum atomic E-state index is 10.9. The minimum absolute atomic E-state index is 0.397. The number of carbonyl (C=O) groups excluding carboxylic acids is 1. The monoisotopic (exact) mass is 250 g/mol. The van der Waals surface area contributed by atoms with Gasteiger partial charge in [-0.25, -0.2) is 4.98 Å². The number of nitrogens with zero attached hydrogens (tertiary/aromatic N) is 2. The molecule has 1 aromatic heterocycles. The summed E-state index contributed by atoms with van der Waals surface area (Å²) in [6.45, 7) is 0. The maximum Gasteiger partial charge on any atom is 0.170 e. The normalized spacial score (nSPS) is 10.3. The van der Waals surface area contributed by atoms with Crippen molar-refractivity contribution >= 4 is 17.9 Å².